The molecule has 0 fully saturated rings. The summed E-state index contributed by atoms with van der Waals surface area (Å²) in [7, 11) is 0. The van der Waals surface area contributed by atoms with Crippen LogP contribution in [0, 0.1) is 0 Å². The molecule has 4 aromatic rings. The lowest BCUT2D eigenvalue weighted by Gasteiger charge is -2.05. The van der Waals surface area contributed by atoms with Gasteiger partial charge in [-0.1, -0.05) is 23.7 Å². The van der Waals surface area contributed by atoms with Crippen molar-refractivity contribution in [2.75, 3.05) is 6.61 Å². The van der Waals surface area contributed by atoms with Crippen molar-refractivity contribution in [2.45, 2.75) is 6.92 Å². The average molecular weight is 404 g/mol. The Labute approximate surface area is 173 Å². The summed E-state index contributed by atoms with van der Waals surface area (Å²) in [6.45, 7) is 2.13. The second-order valence-corrected chi connectivity index (χ2v) is 6.81. The van der Waals surface area contributed by atoms with Crippen LogP contribution in [0.4, 0.5) is 5.69 Å². The van der Waals surface area contributed by atoms with E-state index in [2.05, 4.69) is 0 Å². The van der Waals surface area contributed by atoms with Crippen molar-refractivity contribution in [3.8, 4) is 11.3 Å². The highest BCUT2D eigenvalue weighted by Gasteiger charge is 2.07. The van der Waals surface area contributed by atoms with Gasteiger partial charge in [0.2, 0.25) is 0 Å². The predicted octanol–water partition coefficient (Wildman–Crippen LogP) is 6.16. The van der Waals surface area contributed by atoms with Gasteiger partial charge in [-0.3, -0.25) is 0 Å². The minimum Gasteiger partial charge on any atom is -0.462 e. The monoisotopic (exact) mass is 403 g/mol. The Bertz CT molecular complexity index is 1230. The van der Waals surface area contributed by atoms with E-state index >= 15 is 0 Å². The minimum absolute atomic E-state index is 0.340. The molecule has 3 aromatic carbocycles. The number of benzene rings is 3. The molecule has 1 aromatic heterocycles. The van der Waals surface area contributed by atoms with Crippen molar-refractivity contribution < 1.29 is 13.9 Å². The van der Waals surface area contributed by atoms with Gasteiger partial charge >= 0.3 is 5.97 Å². The van der Waals surface area contributed by atoms with E-state index in [1.165, 1.54) is 0 Å². The van der Waals surface area contributed by atoms with Crippen LogP contribution in [0.25, 0.3) is 22.3 Å². The third-order valence-corrected chi connectivity index (χ3v) is 4.66. The van der Waals surface area contributed by atoms with E-state index in [-0.39, 0.29) is 5.97 Å². The van der Waals surface area contributed by atoms with Crippen molar-refractivity contribution >= 4 is 34.2 Å². The number of rotatable bonds is 4. The van der Waals surface area contributed by atoms with Gasteiger partial charge in [0.1, 0.15) is 11.3 Å². The lowest BCUT2D eigenvalue weighted by molar-refractivity contribution is 0.0526. The Kier molecular flexibility index (Phi) is 5.45. The molecular weight excluding hydrogens is 386 g/mol. The Morgan fingerprint density at radius 2 is 1.72 bits per heavy atom. The normalized spacial score (nSPS) is 11.6. The maximum atomic E-state index is 11.8. The number of fused-ring (bicyclic) bond motifs is 1. The second kappa shape index (κ2) is 8.33. The standard InChI is InChI=1S/C24H18ClNO3/c1-2-28-24(27)17-9-13-19(14-10-17)26-21-15-23(16-7-11-18(25)12-8-16)29-22-6-4-3-5-20(21)22/h3-15H,2H2,1H3. The van der Waals surface area contributed by atoms with Crippen LogP contribution in [0.2, 0.25) is 5.02 Å². The summed E-state index contributed by atoms with van der Waals surface area (Å²) in [5.41, 5.74) is 2.88. The molecule has 0 atom stereocenters. The number of nitrogens with zero attached hydrogens (tertiary/aromatic N) is 1. The summed E-state index contributed by atoms with van der Waals surface area (Å²) >= 11 is 6.01. The van der Waals surface area contributed by atoms with Gasteiger partial charge in [0, 0.05) is 22.0 Å². The topological polar surface area (TPSA) is 51.8 Å². The molecule has 0 bridgehead atoms. The molecule has 144 valence electrons. The molecule has 29 heavy (non-hydrogen) atoms. The number of carbonyl (C=O) groups excluding carboxylic acids is 1. The number of hydrogen-bond acceptors (Lipinski definition) is 4. The minimum atomic E-state index is -0.340. The zero-order valence-electron chi connectivity index (χ0n) is 15.8. The van der Waals surface area contributed by atoms with Crippen LogP contribution in [0.15, 0.2) is 88.3 Å². The third-order valence-electron chi connectivity index (χ3n) is 4.41. The number of carbonyl (C=O) groups is 1. The van der Waals surface area contributed by atoms with E-state index < -0.39 is 0 Å². The van der Waals surface area contributed by atoms with Crippen molar-refractivity contribution in [3.63, 3.8) is 0 Å². The molecular formula is C24H18ClNO3. The molecule has 4 rings (SSSR count). The number of hydrogen-bond donors (Lipinski definition) is 0. The van der Waals surface area contributed by atoms with Gasteiger partial charge < -0.3 is 9.15 Å². The van der Waals surface area contributed by atoms with Gasteiger partial charge in [-0.2, -0.15) is 0 Å². The maximum Gasteiger partial charge on any atom is 0.338 e. The Balaban J connectivity index is 1.81. The van der Waals surface area contributed by atoms with Gasteiger partial charge in [-0.25, -0.2) is 9.79 Å². The maximum absolute atomic E-state index is 11.8. The summed E-state index contributed by atoms with van der Waals surface area (Å²) in [5.74, 6) is 0.357. The van der Waals surface area contributed by atoms with Crippen LogP contribution >= 0.6 is 11.6 Å². The van der Waals surface area contributed by atoms with E-state index in [9.17, 15) is 4.79 Å². The molecule has 0 N–H and O–H groups in total. The molecule has 0 amide bonds. The first-order valence-electron chi connectivity index (χ1n) is 9.25. The highest BCUT2D eigenvalue weighted by atomic mass is 35.5. The summed E-state index contributed by atoms with van der Waals surface area (Å²) in [6.07, 6.45) is 0. The SMILES string of the molecule is CCOC(=O)c1ccc(N=c2cc(-c3ccc(Cl)cc3)oc3ccccc23)cc1. The third kappa shape index (κ3) is 4.23. The average Bonchev–Trinajstić information content (AvgIpc) is 2.75. The van der Waals surface area contributed by atoms with E-state index in [0.717, 1.165) is 27.6 Å². The molecule has 5 heteroatoms. The van der Waals surface area contributed by atoms with E-state index in [0.29, 0.717) is 23.0 Å². The molecule has 0 aliphatic rings. The molecule has 0 saturated carbocycles. The molecule has 1 heterocycles. The van der Waals surface area contributed by atoms with Crippen molar-refractivity contribution in [3.05, 3.63) is 94.8 Å². The summed E-state index contributed by atoms with van der Waals surface area (Å²) < 4.78 is 11.1. The molecule has 0 aliphatic carbocycles. The molecule has 0 radical (unpaired) electrons. The Hall–Kier alpha value is -3.37. The first-order valence-corrected chi connectivity index (χ1v) is 9.62. The molecule has 0 spiro atoms. The van der Waals surface area contributed by atoms with Gasteiger partial charge in [-0.05, 0) is 67.6 Å². The fraction of sp³-hybridized carbons (Fsp3) is 0.0833. The predicted molar refractivity (Wildman–Crippen MR) is 114 cm³/mol. The van der Waals surface area contributed by atoms with Crippen molar-refractivity contribution in [1.29, 1.82) is 0 Å². The van der Waals surface area contributed by atoms with Crippen LogP contribution < -0.4 is 5.36 Å². The highest BCUT2D eigenvalue weighted by Crippen LogP contribution is 2.24. The van der Waals surface area contributed by atoms with Crippen LogP contribution in [0.5, 0.6) is 0 Å². The van der Waals surface area contributed by atoms with Crippen LogP contribution in [-0.4, -0.2) is 12.6 Å². The Morgan fingerprint density at radius 3 is 2.45 bits per heavy atom. The zero-order valence-corrected chi connectivity index (χ0v) is 16.5. The fourth-order valence-corrected chi connectivity index (χ4v) is 3.12. The number of halogens is 1. The zero-order chi connectivity index (χ0) is 20.2. The summed E-state index contributed by atoms with van der Waals surface area (Å²) in [5, 5.41) is 2.35. The number of para-hydroxylation sites is 1. The first-order chi connectivity index (χ1) is 14.1. The van der Waals surface area contributed by atoms with Gasteiger partial charge in [0.05, 0.1) is 23.2 Å². The van der Waals surface area contributed by atoms with Gasteiger partial charge in [0.25, 0.3) is 0 Å². The molecule has 0 unspecified atom stereocenters. The van der Waals surface area contributed by atoms with Crippen LogP contribution in [0.1, 0.15) is 17.3 Å². The molecule has 0 saturated heterocycles. The number of ether oxygens (including phenoxy) is 1. The highest BCUT2D eigenvalue weighted by molar-refractivity contribution is 6.30. The van der Waals surface area contributed by atoms with Crippen molar-refractivity contribution in [2.24, 2.45) is 4.99 Å². The van der Waals surface area contributed by atoms with E-state index in [4.69, 9.17) is 25.7 Å². The lowest BCUT2D eigenvalue weighted by atomic mass is 10.1. The summed E-state index contributed by atoms with van der Waals surface area (Å²) in [6, 6.07) is 24.2. The first kappa shape index (κ1) is 19.0. The second-order valence-electron chi connectivity index (χ2n) is 6.38. The smallest absolute Gasteiger partial charge is 0.338 e. The van der Waals surface area contributed by atoms with Crippen LogP contribution in [0.3, 0.4) is 0 Å². The van der Waals surface area contributed by atoms with Gasteiger partial charge in [0.15, 0.2) is 0 Å². The number of esters is 1. The quantitative estimate of drug-likeness (QED) is 0.383. The fourth-order valence-electron chi connectivity index (χ4n) is 2.99. The van der Waals surface area contributed by atoms with E-state index in [1.54, 1.807) is 31.2 Å². The van der Waals surface area contributed by atoms with E-state index in [1.807, 2.05) is 54.6 Å². The largest absolute Gasteiger partial charge is 0.462 e. The van der Waals surface area contributed by atoms with Crippen molar-refractivity contribution in [1.82, 2.24) is 0 Å². The molecule has 4 nitrogen and oxygen atoms in total. The molecule has 0 aliphatic heterocycles. The Morgan fingerprint density at radius 1 is 1.00 bits per heavy atom. The van der Waals surface area contributed by atoms with Gasteiger partial charge in [-0.15, -0.1) is 0 Å². The lowest BCUT2D eigenvalue weighted by Crippen LogP contribution is -2.04. The van der Waals surface area contributed by atoms with Crippen LogP contribution in [-0.2, 0) is 4.74 Å². The summed E-state index contributed by atoms with van der Waals surface area (Å²) in [4.78, 5) is 16.6.